The van der Waals surface area contributed by atoms with Gasteiger partial charge in [-0.25, -0.2) is 12.8 Å². The predicted molar refractivity (Wildman–Crippen MR) is 159 cm³/mol. The number of benzene rings is 3. The Hall–Kier alpha value is -3.93. The lowest BCUT2D eigenvalue weighted by molar-refractivity contribution is 0.0357. The van der Waals surface area contributed by atoms with E-state index in [9.17, 15) is 8.42 Å². The zero-order chi connectivity index (χ0) is 29.7. The largest absolute Gasteiger partial charge is 0.493 e. The number of anilines is 1. The summed E-state index contributed by atoms with van der Waals surface area (Å²) in [5, 5.41) is 0.606. The fourth-order valence-electron chi connectivity index (χ4n) is 4.98. The van der Waals surface area contributed by atoms with Crippen LogP contribution in [0.15, 0.2) is 65.7 Å². The van der Waals surface area contributed by atoms with Gasteiger partial charge in [0, 0.05) is 43.4 Å². The van der Waals surface area contributed by atoms with Crippen LogP contribution in [0.2, 0.25) is 0 Å². The highest BCUT2D eigenvalue weighted by Crippen LogP contribution is 2.38. The molecule has 0 atom stereocenters. The summed E-state index contributed by atoms with van der Waals surface area (Å²) in [5.74, 6) is 0.625. The number of nitrogens with one attached hydrogen (secondary N) is 1. The van der Waals surface area contributed by atoms with E-state index in [2.05, 4.69) is 14.6 Å². The van der Waals surface area contributed by atoms with Gasteiger partial charge in [0.15, 0.2) is 23.1 Å². The zero-order valence-corrected chi connectivity index (χ0v) is 24.7. The smallest absolute Gasteiger partial charge is 0.262 e. The Morgan fingerprint density at radius 1 is 0.976 bits per heavy atom. The van der Waals surface area contributed by atoms with Crippen molar-refractivity contribution in [2.45, 2.75) is 25.2 Å². The van der Waals surface area contributed by atoms with E-state index in [1.165, 1.54) is 12.1 Å². The van der Waals surface area contributed by atoms with Crippen LogP contribution >= 0.6 is 0 Å². The number of nitrogens with zero attached hydrogens (tertiary/aromatic N) is 2. The van der Waals surface area contributed by atoms with Crippen LogP contribution in [-0.2, 0) is 14.8 Å². The van der Waals surface area contributed by atoms with Crippen molar-refractivity contribution in [2.24, 2.45) is 0 Å². The Balaban J connectivity index is 1.31. The van der Waals surface area contributed by atoms with Crippen molar-refractivity contribution in [3.05, 3.63) is 77.7 Å². The van der Waals surface area contributed by atoms with Gasteiger partial charge in [-0.2, -0.15) is 0 Å². The van der Waals surface area contributed by atoms with E-state index in [1.807, 2.05) is 0 Å². The molecule has 0 saturated carbocycles. The van der Waals surface area contributed by atoms with Gasteiger partial charge >= 0.3 is 0 Å². The van der Waals surface area contributed by atoms with Crippen molar-refractivity contribution in [1.82, 2.24) is 9.88 Å². The molecule has 42 heavy (non-hydrogen) atoms. The maximum absolute atomic E-state index is 15.2. The standard InChI is InChI=1S/C31H34FN3O6S/c1-21-6-4-7-22(2)31(21)42(36,37)34-23-8-9-28(25(32)18-23)41-27-10-11-33-26-20-30(29(38-3)19-24(26)27)40-15-5-12-35-13-16-39-17-14-35/h4,6-11,18-20,34H,5,12-17H2,1-3H3. The summed E-state index contributed by atoms with van der Waals surface area (Å²) in [5.41, 5.74) is 1.88. The fraction of sp³-hybridized carbons (Fsp3) is 0.323. The number of halogens is 1. The van der Waals surface area contributed by atoms with Crippen LogP contribution in [0.1, 0.15) is 17.5 Å². The molecule has 1 fully saturated rings. The quantitative estimate of drug-likeness (QED) is 0.221. The molecule has 0 bridgehead atoms. The van der Waals surface area contributed by atoms with E-state index in [1.54, 1.807) is 63.6 Å². The first kappa shape index (κ1) is 29.6. The number of aromatic nitrogens is 1. The first-order valence-electron chi connectivity index (χ1n) is 13.7. The summed E-state index contributed by atoms with van der Waals surface area (Å²) in [7, 11) is -2.37. The van der Waals surface area contributed by atoms with Gasteiger partial charge in [0.2, 0.25) is 0 Å². The van der Waals surface area contributed by atoms with Crippen LogP contribution in [0, 0.1) is 19.7 Å². The second kappa shape index (κ2) is 12.9. The van der Waals surface area contributed by atoms with Crippen LogP contribution in [0.4, 0.5) is 10.1 Å². The van der Waals surface area contributed by atoms with Crippen molar-refractivity contribution in [3.8, 4) is 23.0 Å². The van der Waals surface area contributed by atoms with Gasteiger partial charge in [0.1, 0.15) is 5.75 Å². The van der Waals surface area contributed by atoms with Gasteiger partial charge < -0.3 is 18.9 Å². The SMILES string of the molecule is COc1cc2c(Oc3ccc(NS(=O)(=O)c4c(C)cccc4C)cc3F)ccnc2cc1OCCCN1CCOCC1. The second-order valence-electron chi connectivity index (χ2n) is 10.1. The van der Waals surface area contributed by atoms with Gasteiger partial charge in [0.25, 0.3) is 10.0 Å². The van der Waals surface area contributed by atoms with E-state index in [0.29, 0.717) is 45.9 Å². The van der Waals surface area contributed by atoms with Crippen LogP contribution in [-0.4, -0.2) is 64.9 Å². The topological polar surface area (TPSA) is 99.2 Å². The minimum absolute atomic E-state index is 0.0695. The summed E-state index contributed by atoms with van der Waals surface area (Å²) >= 11 is 0. The average Bonchev–Trinajstić information content (AvgIpc) is 2.96. The minimum atomic E-state index is -3.92. The summed E-state index contributed by atoms with van der Waals surface area (Å²) in [6.45, 7) is 8.25. The molecular formula is C31H34FN3O6S. The number of hydrogen-bond donors (Lipinski definition) is 1. The maximum Gasteiger partial charge on any atom is 0.262 e. The number of ether oxygens (including phenoxy) is 4. The molecule has 0 spiro atoms. The van der Waals surface area contributed by atoms with Gasteiger partial charge in [0.05, 0.1) is 43.0 Å². The number of rotatable bonds is 11. The number of aryl methyl sites for hydroxylation is 2. The van der Waals surface area contributed by atoms with E-state index < -0.39 is 15.8 Å². The normalized spacial score (nSPS) is 14.1. The van der Waals surface area contributed by atoms with Crippen molar-refractivity contribution in [3.63, 3.8) is 0 Å². The Labute approximate surface area is 245 Å². The Morgan fingerprint density at radius 3 is 2.45 bits per heavy atom. The highest BCUT2D eigenvalue weighted by Gasteiger charge is 2.21. The number of fused-ring (bicyclic) bond motifs is 1. The highest BCUT2D eigenvalue weighted by atomic mass is 32.2. The van der Waals surface area contributed by atoms with Crippen molar-refractivity contribution in [1.29, 1.82) is 0 Å². The molecule has 1 aliphatic heterocycles. The summed E-state index contributed by atoms with van der Waals surface area (Å²) in [4.78, 5) is 6.95. The average molecular weight is 596 g/mol. The maximum atomic E-state index is 15.2. The molecule has 2 heterocycles. The first-order valence-corrected chi connectivity index (χ1v) is 15.2. The number of pyridine rings is 1. The molecule has 1 saturated heterocycles. The van der Waals surface area contributed by atoms with Crippen molar-refractivity contribution in [2.75, 3.05) is 51.3 Å². The number of methoxy groups -OCH3 is 1. The Morgan fingerprint density at radius 2 is 1.74 bits per heavy atom. The van der Waals surface area contributed by atoms with Crippen LogP contribution in [0.25, 0.3) is 10.9 Å². The molecule has 1 aliphatic rings. The third kappa shape index (κ3) is 6.75. The number of morpholine rings is 1. The Bertz CT molecular complexity index is 1660. The third-order valence-corrected chi connectivity index (χ3v) is 8.73. The van der Waals surface area contributed by atoms with Gasteiger partial charge in [-0.3, -0.25) is 14.6 Å². The number of hydrogen-bond acceptors (Lipinski definition) is 8. The number of sulfonamides is 1. The van der Waals surface area contributed by atoms with Crippen LogP contribution < -0.4 is 18.9 Å². The predicted octanol–water partition coefficient (Wildman–Crippen LogP) is 5.69. The minimum Gasteiger partial charge on any atom is -0.493 e. The summed E-state index contributed by atoms with van der Waals surface area (Å²) < 4.78 is 66.6. The molecular weight excluding hydrogens is 561 g/mol. The second-order valence-corrected chi connectivity index (χ2v) is 11.7. The third-order valence-electron chi connectivity index (χ3n) is 7.05. The van der Waals surface area contributed by atoms with E-state index >= 15 is 4.39 Å². The fourth-order valence-corrected chi connectivity index (χ4v) is 6.50. The first-order chi connectivity index (χ1) is 20.2. The molecule has 0 radical (unpaired) electrons. The summed E-state index contributed by atoms with van der Waals surface area (Å²) in [6, 6.07) is 14.3. The van der Waals surface area contributed by atoms with Crippen molar-refractivity contribution >= 4 is 26.6 Å². The van der Waals surface area contributed by atoms with Crippen LogP contribution in [0.5, 0.6) is 23.0 Å². The zero-order valence-electron chi connectivity index (χ0n) is 23.9. The molecule has 0 unspecified atom stereocenters. The van der Waals surface area contributed by atoms with Gasteiger partial charge in [-0.05, 0) is 55.7 Å². The molecule has 0 amide bonds. The highest BCUT2D eigenvalue weighted by molar-refractivity contribution is 7.92. The molecule has 5 rings (SSSR count). The van der Waals surface area contributed by atoms with Crippen LogP contribution in [0.3, 0.4) is 0 Å². The molecule has 1 N–H and O–H groups in total. The van der Waals surface area contributed by atoms with Gasteiger partial charge in [-0.1, -0.05) is 18.2 Å². The molecule has 4 aromatic rings. The van der Waals surface area contributed by atoms with E-state index in [4.69, 9.17) is 18.9 Å². The molecule has 222 valence electrons. The molecule has 3 aromatic carbocycles. The van der Waals surface area contributed by atoms with E-state index in [0.717, 1.165) is 45.3 Å². The summed E-state index contributed by atoms with van der Waals surface area (Å²) in [6.07, 6.45) is 2.42. The van der Waals surface area contributed by atoms with Crippen molar-refractivity contribution < 1.29 is 31.8 Å². The molecule has 0 aliphatic carbocycles. The monoisotopic (exact) mass is 595 g/mol. The van der Waals surface area contributed by atoms with E-state index in [-0.39, 0.29) is 16.3 Å². The lowest BCUT2D eigenvalue weighted by Crippen LogP contribution is -2.37. The lowest BCUT2D eigenvalue weighted by atomic mass is 10.1. The molecule has 11 heteroatoms. The lowest BCUT2D eigenvalue weighted by Gasteiger charge is -2.26. The Kier molecular flexibility index (Phi) is 9.10. The molecule has 1 aromatic heterocycles. The molecule has 9 nitrogen and oxygen atoms in total. The van der Waals surface area contributed by atoms with Gasteiger partial charge in [-0.15, -0.1) is 0 Å².